The van der Waals surface area contributed by atoms with Crippen molar-refractivity contribution < 1.29 is 4.74 Å². The monoisotopic (exact) mass is 412 g/mol. The Hall–Kier alpha value is -0.980. The van der Waals surface area contributed by atoms with Crippen molar-refractivity contribution in [3.8, 4) is 5.75 Å². The van der Waals surface area contributed by atoms with Crippen LogP contribution in [0.2, 0.25) is 0 Å². The number of hydrogen-bond acceptors (Lipinski definition) is 1. The molecule has 30 heavy (non-hydrogen) atoms. The molecule has 0 N–H and O–H groups in total. The highest BCUT2D eigenvalue weighted by atomic mass is 16.5. The molecule has 3 rings (SSSR count). The van der Waals surface area contributed by atoms with E-state index in [-0.39, 0.29) is 0 Å². The maximum absolute atomic E-state index is 5.56. The molecule has 2 saturated carbocycles. The van der Waals surface area contributed by atoms with Crippen molar-refractivity contribution in [1.82, 2.24) is 0 Å². The molecule has 0 atom stereocenters. The van der Waals surface area contributed by atoms with Crippen LogP contribution in [-0.2, 0) is 6.42 Å². The van der Waals surface area contributed by atoms with Gasteiger partial charge < -0.3 is 4.74 Å². The van der Waals surface area contributed by atoms with Crippen LogP contribution in [-0.4, -0.2) is 6.61 Å². The number of rotatable bonds is 12. The molecule has 1 aromatic carbocycles. The third-order valence-corrected chi connectivity index (χ3v) is 8.24. The third kappa shape index (κ3) is 7.93. The number of unbranched alkanes of at least 4 members (excludes halogenated alkanes) is 4. The van der Waals surface area contributed by atoms with E-state index in [4.69, 9.17) is 4.74 Å². The van der Waals surface area contributed by atoms with Crippen molar-refractivity contribution in [2.24, 2.45) is 23.7 Å². The minimum absolute atomic E-state index is 0.753. The van der Waals surface area contributed by atoms with Gasteiger partial charge in [-0.2, -0.15) is 0 Å². The van der Waals surface area contributed by atoms with E-state index in [1.54, 1.807) is 12.8 Å². The SMILES string of the molecule is CCCCCCCC1CCC(C2CCC(CCc3ccc(OCC)cc3)CC2)CC1. The van der Waals surface area contributed by atoms with Crippen molar-refractivity contribution in [2.45, 2.75) is 117 Å². The van der Waals surface area contributed by atoms with Gasteiger partial charge in [0.05, 0.1) is 6.61 Å². The zero-order valence-electron chi connectivity index (χ0n) is 20.0. The smallest absolute Gasteiger partial charge is 0.119 e. The van der Waals surface area contributed by atoms with Gasteiger partial charge in [0.2, 0.25) is 0 Å². The standard InChI is InChI=1S/C29H48O/c1-3-5-6-7-8-9-24-12-18-27(19-13-24)28-20-14-25(15-21-28)10-11-26-16-22-29(23-17-26)30-4-2/h16-17,22-25,27-28H,3-15,18-21H2,1-2H3. The second-order valence-corrected chi connectivity index (χ2v) is 10.4. The first-order chi connectivity index (χ1) is 14.8. The molecule has 0 spiro atoms. The van der Waals surface area contributed by atoms with E-state index in [2.05, 4.69) is 31.2 Å². The van der Waals surface area contributed by atoms with Gasteiger partial charge in [-0.25, -0.2) is 0 Å². The van der Waals surface area contributed by atoms with Gasteiger partial charge in [0.1, 0.15) is 5.75 Å². The summed E-state index contributed by atoms with van der Waals surface area (Å²) in [5, 5.41) is 0. The van der Waals surface area contributed by atoms with E-state index in [1.165, 1.54) is 95.5 Å². The molecule has 2 aliphatic rings. The molecule has 2 aliphatic carbocycles. The Labute approximate surface area is 187 Å². The normalized spacial score (nSPS) is 27.1. The highest BCUT2D eigenvalue weighted by Gasteiger charge is 2.30. The number of ether oxygens (including phenoxy) is 1. The average Bonchev–Trinajstić information content (AvgIpc) is 2.79. The van der Waals surface area contributed by atoms with Gasteiger partial charge in [0.25, 0.3) is 0 Å². The molecule has 0 bridgehead atoms. The fraction of sp³-hybridized carbons (Fsp3) is 0.793. The zero-order chi connectivity index (χ0) is 21.0. The van der Waals surface area contributed by atoms with Crippen LogP contribution in [0.4, 0.5) is 0 Å². The summed E-state index contributed by atoms with van der Waals surface area (Å²) >= 11 is 0. The lowest BCUT2D eigenvalue weighted by atomic mass is 9.68. The van der Waals surface area contributed by atoms with Gasteiger partial charge in [-0.05, 0) is 86.8 Å². The maximum atomic E-state index is 5.56. The van der Waals surface area contributed by atoms with Crippen molar-refractivity contribution in [1.29, 1.82) is 0 Å². The van der Waals surface area contributed by atoms with Crippen molar-refractivity contribution in [3.63, 3.8) is 0 Å². The van der Waals surface area contributed by atoms with Crippen LogP contribution < -0.4 is 4.74 Å². The summed E-state index contributed by atoms with van der Waals surface area (Å²) in [5.74, 6) is 5.15. The fourth-order valence-corrected chi connectivity index (χ4v) is 6.22. The zero-order valence-corrected chi connectivity index (χ0v) is 20.0. The summed E-state index contributed by atoms with van der Waals surface area (Å²) in [6.45, 7) is 5.12. The topological polar surface area (TPSA) is 9.23 Å². The van der Waals surface area contributed by atoms with Crippen molar-refractivity contribution in [2.75, 3.05) is 6.61 Å². The van der Waals surface area contributed by atoms with Gasteiger partial charge in [0.15, 0.2) is 0 Å². The molecule has 0 heterocycles. The maximum Gasteiger partial charge on any atom is 0.119 e. The molecular formula is C29H48O. The molecule has 0 unspecified atom stereocenters. The van der Waals surface area contributed by atoms with Crippen LogP contribution in [0.3, 0.4) is 0 Å². The summed E-state index contributed by atoms with van der Waals surface area (Å²) in [5.41, 5.74) is 1.48. The predicted molar refractivity (Wildman–Crippen MR) is 130 cm³/mol. The van der Waals surface area contributed by atoms with E-state index in [1.807, 2.05) is 6.92 Å². The lowest BCUT2D eigenvalue weighted by Gasteiger charge is -2.38. The van der Waals surface area contributed by atoms with Crippen LogP contribution in [0.5, 0.6) is 5.75 Å². The molecule has 1 aromatic rings. The highest BCUT2D eigenvalue weighted by molar-refractivity contribution is 5.27. The van der Waals surface area contributed by atoms with E-state index in [9.17, 15) is 0 Å². The molecule has 1 nitrogen and oxygen atoms in total. The minimum Gasteiger partial charge on any atom is -0.494 e. The first kappa shape index (κ1) is 23.7. The van der Waals surface area contributed by atoms with E-state index >= 15 is 0 Å². The van der Waals surface area contributed by atoms with Crippen molar-refractivity contribution in [3.05, 3.63) is 29.8 Å². The van der Waals surface area contributed by atoms with Crippen LogP contribution in [0.1, 0.15) is 116 Å². The Kier molecular flexibility index (Phi) is 10.6. The lowest BCUT2D eigenvalue weighted by Crippen LogP contribution is -2.26. The average molecular weight is 413 g/mol. The predicted octanol–water partition coefficient (Wildman–Crippen LogP) is 8.99. The number of hydrogen-bond donors (Lipinski definition) is 0. The summed E-state index contributed by atoms with van der Waals surface area (Å²) in [4.78, 5) is 0. The van der Waals surface area contributed by atoms with E-state index < -0.39 is 0 Å². The quantitative estimate of drug-likeness (QED) is 0.311. The third-order valence-electron chi connectivity index (χ3n) is 8.24. The number of benzene rings is 1. The Morgan fingerprint density at radius 1 is 0.667 bits per heavy atom. The first-order valence-electron chi connectivity index (χ1n) is 13.5. The molecule has 1 heteroatoms. The molecule has 0 saturated heterocycles. The Bertz CT molecular complexity index is 546. The highest BCUT2D eigenvalue weighted by Crippen LogP contribution is 2.43. The van der Waals surface area contributed by atoms with Crippen LogP contribution in [0.15, 0.2) is 24.3 Å². The van der Waals surface area contributed by atoms with E-state index in [0.717, 1.165) is 36.0 Å². The Morgan fingerprint density at radius 2 is 1.23 bits per heavy atom. The Balaban J connectivity index is 1.27. The second kappa shape index (κ2) is 13.4. The van der Waals surface area contributed by atoms with Crippen LogP contribution >= 0.6 is 0 Å². The summed E-state index contributed by atoms with van der Waals surface area (Å²) in [6.07, 6.45) is 23.6. The van der Waals surface area contributed by atoms with Crippen LogP contribution in [0, 0.1) is 23.7 Å². The molecule has 0 radical (unpaired) electrons. The molecule has 2 fully saturated rings. The Morgan fingerprint density at radius 3 is 1.80 bits per heavy atom. The van der Waals surface area contributed by atoms with Gasteiger partial charge in [0, 0.05) is 0 Å². The largest absolute Gasteiger partial charge is 0.494 e. The molecule has 0 aliphatic heterocycles. The summed E-state index contributed by atoms with van der Waals surface area (Å²) < 4.78 is 5.56. The lowest BCUT2D eigenvalue weighted by molar-refractivity contribution is 0.140. The second-order valence-electron chi connectivity index (χ2n) is 10.4. The fourth-order valence-electron chi connectivity index (χ4n) is 6.22. The van der Waals surface area contributed by atoms with E-state index in [0.29, 0.717) is 0 Å². The molecule has 0 amide bonds. The number of aryl methyl sites for hydroxylation is 1. The van der Waals surface area contributed by atoms with Gasteiger partial charge in [-0.1, -0.05) is 83.3 Å². The molecule has 0 aromatic heterocycles. The van der Waals surface area contributed by atoms with Crippen molar-refractivity contribution >= 4 is 0 Å². The summed E-state index contributed by atoms with van der Waals surface area (Å²) in [7, 11) is 0. The van der Waals surface area contributed by atoms with Crippen LogP contribution in [0.25, 0.3) is 0 Å². The molecule has 170 valence electrons. The van der Waals surface area contributed by atoms with Gasteiger partial charge in [-0.3, -0.25) is 0 Å². The summed E-state index contributed by atoms with van der Waals surface area (Å²) in [6, 6.07) is 8.80. The first-order valence-corrected chi connectivity index (χ1v) is 13.5. The van der Waals surface area contributed by atoms with Gasteiger partial charge in [-0.15, -0.1) is 0 Å². The minimum atomic E-state index is 0.753. The van der Waals surface area contributed by atoms with Gasteiger partial charge >= 0.3 is 0 Å². The molecular weight excluding hydrogens is 364 g/mol.